The molecule has 0 unspecified atom stereocenters. The van der Waals surface area contributed by atoms with E-state index in [4.69, 9.17) is 21.1 Å². The minimum Gasteiger partial charge on any atom is -0.483 e. The van der Waals surface area contributed by atoms with Crippen molar-refractivity contribution in [3.63, 3.8) is 0 Å². The molecule has 0 saturated heterocycles. The fraction of sp³-hybridized carbons (Fsp3) is 0.833. The van der Waals surface area contributed by atoms with Gasteiger partial charge >= 0.3 is 0 Å². The van der Waals surface area contributed by atoms with E-state index in [0.29, 0.717) is 30.0 Å². The number of aliphatic imine (C=N–C) groups is 2. The summed E-state index contributed by atoms with van der Waals surface area (Å²) in [5.41, 5.74) is -0.507. The Morgan fingerprint density at radius 2 is 2.00 bits per heavy atom. The highest BCUT2D eigenvalue weighted by atomic mass is 35.5. The van der Waals surface area contributed by atoms with Gasteiger partial charge in [-0.25, -0.2) is 9.98 Å². The highest BCUT2D eigenvalue weighted by molar-refractivity contribution is 6.18. The van der Waals surface area contributed by atoms with Crippen molar-refractivity contribution in [2.75, 3.05) is 20.1 Å². The Labute approximate surface area is 108 Å². The quantitative estimate of drug-likeness (QED) is 0.732. The Bertz CT molecular complexity index is 328. The molecule has 0 amide bonds. The summed E-state index contributed by atoms with van der Waals surface area (Å²) in [5.74, 6) is 2.12. The van der Waals surface area contributed by atoms with E-state index in [1.807, 2.05) is 6.92 Å². The molecule has 98 valence electrons. The van der Waals surface area contributed by atoms with E-state index in [0.717, 1.165) is 0 Å². The summed E-state index contributed by atoms with van der Waals surface area (Å²) < 4.78 is 10.7. The molecule has 17 heavy (non-hydrogen) atoms. The molecular formula is C12H21ClN2O2. The molecule has 1 heterocycles. The van der Waals surface area contributed by atoms with Crippen LogP contribution in [0.3, 0.4) is 0 Å². The van der Waals surface area contributed by atoms with Gasteiger partial charge in [0.1, 0.15) is 11.6 Å². The Morgan fingerprint density at radius 3 is 2.41 bits per heavy atom. The molecule has 0 bridgehead atoms. The zero-order chi connectivity index (χ0) is 13.1. The lowest BCUT2D eigenvalue weighted by atomic mass is 9.95. The highest BCUT2D eigenvalue weighted by Crippen LogP contribution is 2.27. The van der Waals surface area contributed by atoms with Gasteiger partial charge in [0.15, 0.2) is 0 Å². The van der Waals surface area contributed by atoms with E-state index in [-0.39, 0.29) is 6.04 Å². The maximum absolute atomic E-state index is 5.82. The number of nitrogens with zero attached hydrogens (tertiary/aromatic N) is 2. The second-order valence-corrected chi connectivity index (χ2v) is 5.07. The van der Waals surface area contributed by atoms with Gasteiger partial charge in [-0.05, 0) is 19.3 Å². The molecule has 0 aromatic heterocycles. The number of methoxy groups -OCH3 is 2. The maximum atomic E-state index is 5.82. The van der Waals surface area contributed by atoms with Gasteiger partial charge in [0.05, 0.1) is 14.2 Å². The average molecular weight is 261 g/mol. The first-order valence-electron chi connectivity index (χ1n) is 5.80. The Morgan fingerprint density at radius 1 is 1.35 bits per heavy atom. The Balaban J connectivity index is 3.10. The topological polar surface area (TPSA) is 43.2 Å². The zero-order valence-electron chi connectivity index (χ0n) is 11.2. The van der Waals surface area contributed by atoms with Crippen LogP contribution >= 0.6 is 11.6 Å². The Hall–Kier alpha value is -0.770. The van der Waals surface area contributed by atoms with Crippen molar-refractivity contribution >= 4 is 23.4 Å². The minimum absolute atomic E-state index is 0.0710. The van der Waals surface area contributed by atoms with Gasteiger partial charge in [-0.3, -0.25) is 0 Å². The van der Waals surface area contributed by atoms with Crippen LogP contribution in [0.25, 0.3) is 0 Å². The average Bonchev–Trinajstić information content (AvgIpc) is 2.28. The molecule has 0 fully saturated rings. The van der Waals surface area contributed by atoms with Crippen LogP contribution < -0.4 is 0 Å². The molecule has 5 heteroatoms. The first-order valence-corrected chi connectivity index (χ1v) is 6.34. The highest BCUT2D eigenvalue weighted by Gasteiger charge is 2.39. The fourth-order valence-corrected chi connectivity index (χ4v) is 2.27. The minimum atomic E-state index is -0.507. The standard InChI is InChI=1S/C12H21ClN2O2/c1-8(2)9-10(16-4)15-12(3,6-7-13)11(14-9)17-5/h8-9H,6-7H2,1-5H3/t9-,12+/m1/s1. The van der Waals surface area contributed by atoms with Crippen molar-refractivity contribution < 1.29 is 9.47 Å². The van der Waals surface area contributed by atoms with Crippen LogP contribution in [0.1, 0.15) is 27.2 Å². The molecule has 0 saturated carbocycles. The monoisotopic (exact) mass is 260 g/mol. The van der Waals surface area contributed by atoms with E-state index in [1.165, 1.54) is 0 Å². The normalized spacial score (nSPS) is 28.8. The summed E-state index contributed by atoms with van der Waals surface area (Å²) >= 11 is 5.82. The van der Waals surface area contributed by atoms with Gasteiger partial charge in [-0.15, -0.1) is 11.6 Å². The molecular weight excluding hydrogens is 240 g/mol. The summed E-state index contributed by atoms with van der Waals surface area (Å²) in [6.07, 6.45) is 0.679. The lowest BCUT2D eigenvalue weighted by Crippen LogP contribution is -2.44. The van der Waals surface area contributed by atoms with E-state index >= 15 is 0 Å². The predicted molar refractivity (Wildman–Crippen MR) is 71.3 cm³/mol. The fourth-order valence-electron chi connectivity index (χ4n) is 1.90. The summed E-state index contributed by atoms with van der Waals surface area (Å²) in [4.78, 5) is 9.23. The van der Waals surface area contributed by atoms with Crippen molar-refractivity contribution in [3.8, 4) is 0 Å². The van der Waals surface area contributed by atoms with E-state index in [2.05, 4.69) is 23.8 Å². The lowest BCUT2D eigenvalue weighted by Gasteiger charge is -2.33. The van der Waals surface area contributed by atoms with Crippen LogP contribution in [-0.2, 0) is 9.47 Å². The third kappa shape index (κ3) is 2.92. The van der Waals surface area contributed by atoms with E-state index < -0.39 is 5.54 Å². The summed E-state index contributed by atoms with van der Waals surface area (Å²) in [6, 6.07) is -0.0710. The molecule has 2 atom stereocenters. The van der Waals surface area contributed by atoms with Crippen molar-refractivity contribution in [1.82, 2.24) is 0 Å². The van der Waals surface area contributed by atoms with Gasteiger partial charge in [0, 0.05) is 5.88 Å². The lowest BCUT2D eigenvalue weighted by molar-refractivity contribution is 0.308. The van der Waals surface area contributed by atoms with Crippen LogP contribution in [0.15, 0.2) is 9.98 Å². The number of hydrogen-bond donors (Lipinski definition) is 0. The molecule has 0 aromatic carbocycles. The summed E-state index contributed by atoms with van der Waals surface area (Å²) in [5, 5.41) is 0. The van der Waals surface area contributed by atoms with Crippen molar-refractivity contribution in [2.45, 2.75) is 38.8 Å². The van der Waals surface area contributed by atoms with Crippen molar-refractivity contribution in [2.24, 2.45) is 15.9 Å². The van der Waals surface area contributed by atoms with Gasteiger partial charge in [0.25, 0.3) is 0 Å². The molecule has 0 N–H and O–H groups in total. The van der Waals surface area contributed by atoms with Gasteiger partial charge < -0.3 is 9.47 Å². The second kappa shape index (κ2) is 5.71. The molecule has 1 rings (SSSR count). The van der Waals surface area contributed by atoms with Crippen molar-refractivity contribution in [1.29, 1.82) is 0 Å². The third-order valence-electron chi connectivity index (χ3n) is 2.94. The van der Waals surface area contributed by atoms with Crippen molar-refractivity contribution in [3.05, 3.63) is 0 Å². The first-order chi connectivity index (χ1) is 7.98. The van der Waals surface area contributed by atoms with Crippen LogP contribution in [0.4, 0.5) is 0 Å². The van der Waals surface area contributed by atoms with Crippen LogP contribution in [-0.4, -0.2) is 43.5 Å². The third-order valence-corrected chi connectivity index (χ3v) is 3.13. The van der Waals surface area contributed by atoms with Gasteiger partial charge in [-0.1, -0.05) is 13.8 Å². The smallest absolute Gasteiger partial charge is 0.212 e. The molecule has 0 aromatic rings. The van der Waals surface area contributed by atoms with Crippen LogP contribution in [0.5, 0.6) is 0 Å². The number of halogens is 1. The molecule has 0 radical (unpaired) electrons. The molecule has 1 aliphatic heterocycles. The van der Waals surface area contributed by atoms with E-state index in [9.17, 15) is 0 Å². The first kappa shape index (κ1) is 14.3. The van der Waals surface area contributed by atoms with E-state index in [1.54, 1.807) is 14.2 Å². The van der Waals surface area contributed by atoms with Gasteiger partial charge in [0.2, 0.25) is 11.8 Å². The molecule has 0 aliphatic carbocycles. The number of alkyl halides is 1. The maximum Gasteiger partial charge on any atom is 0.212 e. The SMILES string of the molecule is COC1=N[C@@](C)(CCCl)C(OC)=N[C@@H]1C(C)C. The zero-order valence-corrected chi connectivity index (χ0v) is 11.9. The molecule has 4 nitrogen and oxygen atoms in total. The largest absolute Gasteiger partial charge is 0.483 e. The van der Waals surface area contributed by atoms with Crippen LogP contribution in [0.2, 0.25) is 0 Å². The summed E-state index contributed by atoms with van der Waals surface area (Å²) in [7, 11) is 3.25. The number of ether oxygens (including phenoxy) is 2. The molecule has 0 spiro atoms. The van der Waals surface area contributed by atoms with Gasteiger partial charge in [-0.2, -0.15) is 0 Å². The summed E-state index contributed by atoms with van der Waals surface area (Å²) in [6.45, 7) is 6.13. The number of rotatable bonds is 3. The molecule has 1 aliphatic rings. The van der Waals surface area contributed by atoms with Crippen LogP contribution in [0, 0.1) is 5.92 Å². The second-order valence-electron chi connectivity index (χ2n) is 4.69. The predicted octanol–water partition coefficient (Wildman–Crippen LogP) is 2.50. The Kier molecular flexibility index (Phi) is 4.80. The number of hydrogen-bond acceptors (Lipinski definition) is 4.